The first-order valence-corrected chi connectivity index (χ1v) is 19.5. The predicted molar refractivity (Wildman–Crippen MR) is 213 cm³/mol. The van der Waals surface area contributed by atoms with E-state index in [9.17, 15) is 24.6 Å². The Bertz CT molecular complexity index is 1990. The number of β-amino-alcohol motifs (C(OH)–C–C–N with tert-alkyl or cyclic N) is 1. The van der Waals surface area contributed by atoms with Gasteiger partial charge < -0.3 is 36.8 Å². The number of hydrogen-bond donors (Lipinski definition) is 6. The second-order valence-electron chi connectivity index (χ2n) is 15.6. The summed E-state index contributed by atoms with van der Waals surface area (Å²) in [5.74, 6) is -0.686. The molecule has 0 aliphatic carbocycles. The number of amides is 3. The summed E-state index contributed by atoms with van der Waals surface area (Å²) >= 11 is 1.58. The second-order valence-corrected chi connectivity index (χ2v) is 16.5. The highest BCUT2D eigenvalue weighted by Crippen LogP contribution is 2.32. The molecule has 0 radical (unpaired) electrons. The normalized spacial score (nSPS) is 19.1. The molecule has 14 nitrogen and oxygen atoms in total. The van der Waals surface area contributed by atoms with Crippen molar-refractivity contribution in [3.05, 3.63) is 71.4 Å². The van der Waals surface area contributed by atoms with Gasteiger partial charge in [-0.2, -0.15) is 0 Å². The number of aliphatic hydroxyl groups is 1. The molecule has 2 aliphatic rings. The summed E-state index contributed by atoms with van der Waals surface area (Å²) in [6.07, 6.45) is 0.719. The maximum absolute atomic E-state index is 14.2. The molecular formula is C40H51N9O5S. The number of thiazole rings is 1. The lowest BCUT2D eigenvalue weighted by molar-refractivity contribution is -0.144. The minimum atomic E-state index is -0.916. The van der Waals surface area contributed by atoms with Gasteiger partial charge in [0.05, 0.1) is 46.2 Å². The Kier molecular flexibility index (Phi) is 12.0. The topological polar surface area (TPSA) is 199 Å². The van der Waals surface area contributed by atoms with E-state index in [0.717, 1.165) is 34.5 Å². The molecule has 7 N–H and O–H groups in total. The van der Waals surface area contributed by atoms with E-state index in [2.05, 4.69) is 31.1 Å². The number of likely N-dealkylation sites (tertiary alicyclic amines) is 2. The molecule has 15 heteroatoms. The smallest absolute Gasteiger partial charge is 0.246 e. The largest absolute Gasteiger partial charge is 0.507 e. The van der Waals surface area contributed by atoms with Crippen molar-refractivity contribution < 1.29 is 24.6 Å². The number of aliphatic hydroxyl groups excluding tert-OH is 1. The van der Waals surface area contributed by atoms with Gasteiger partial charge in [-0.1, -0.05) is 57.2 Å². The van der Waals surface area contributed by atoms with Crippen molar-refractivity contribution in [3.63, 3.8) is 0 Å². The molecule has 2 aromatic heterocycles. The zero-order valence-electron chi connectivity index (χ0n) is 32.0. The molecule has 0 bridgehead atoms. The Labute approximate surface area is 325 Å². The third kappa shape index (κ3) is 9.40. The van der Waals surface area contributed by atoms with Crippen molar-refractivity contribution >= 4 is 40.6 Å². The number of anilines is 2. The van der Waals surface area contributed by atoms with Crippen molar-refractivity contribution in [3.8, 4) is 27.4 Å². The van der Waals surface area contributed by atoms with Gasteiger partial charge in [-0.3, -0.25) is 19.3 Å². The summed E-state index contributed by atoms with van der Waals surface area (Å²) in [5, 5.41) is 38.6. The van der Waals surface area contributed by atoms with Crippen LogP contribution in [0.5, 0.6) is 5.75 Å². The van der Waals surface area contributed by atoms with Gasteiger partial charge in [0, 0.05) is 37.7 Å². The van der Waals surface area contributed by atoms with Crippen molar-refractivity contribution in [2.45, 2.75) is 84.2 Å². The van der Waals surface area contributed by atoms with Crippen molar-refractivity contribution in [1.82, 2.24) is 35.6 Å². The molecule has 3 amide bonds. The number of carbonyl (C=O) groups is 3. The fourth-order valence-corrected chi connectivity index (χ4v) is 8.03. The number of hydrogen-bond acceptors (Lipinski definition) is 12. The number of carbonyl (C=O) groups excluding carboxylic acids is 3. The zero-order chi connectivity index (χ0) is 39.4. The molecule has 4 aromatic rings. The Morgan fingerprint density at radius 2 is 1.75 bits per heavy atom. The maximum atomic E-state index is 14.2. The summed E-state index contributed by atoms with van der Waals surface area (Å²) in [7, 11) is 0. The highest BCUT2D eigenvalue weighted by Gasteiger charge is 2.45. The number of piperidine rings is 1. The number of aryl methyl sites for hydroxylation is 1. The van der Waals surface area contributed by atoms with Crippen LogP contribution >= 0.6 is 11.3 Å². The molecule has 0 spiro atoms. The van der Waals surface area contributed by atoms with Crippen LogP contribution < -0.4 is 21.7 Å². The van der Waals surface area contributed by atoms with E-state index in [4.69, 9.17) is 5.73 Å². The van der Waals surface area contributed by atoms with E-state index in [1.165, 1.54) is 4.90 Å². The standard InChI is InChI=1S/C40H51N9O5S/c1-23(25-10-12-26(13-11-25)35-24(2)42-22-55-35)43-38(53)32-18-28(50)20-49(32)39(54)36(40(3,4)5)45-34(52)21-48-16-14-27(15-17-48)44-31-19-30(46-47-37(31)41)29-8-6-7-9-33(29)51/h6-13,19,22-23,27-28,32,36,50-51H,14-18,20-21H2,1-5H3,(H2,41,47)(H,43,53)(H,44,46)(H,45,52)/t23?,28-,32+,36?/m1/s1. The Morgan fingerprint density at radius 3 is 2.40 bits per heavy atom. The van der Waals surface area contributed by atoms with Crippen LogP contribution in [0.25, 0.3) is 21.7 Å². The van der Waals surface area contributed by atoms with E-state index in [0.29, 0.717) is 30.0 Å². The number of phenolic OH excluding ortho intramolecular Hbond substituents is 1. The molecular weight excluding hydrogens is 719 g/mol. The number of aromatic nitrogens is 3. The molecule has 2 fully saturated rings. The molecule has 2 saturated heterocycles. The summed E-state index contributed by atoms with van der Waals surface area (Å²) in [4.78, 5) is 50.2. The molecule has 2 aromatic carbocycles. The number of phenols is 1. The van der Waals surface area contributed by atoms with Crippen molar-refractivity contribution in [2.24, 2.45) is 5.41 Å². The number of nitrogens with two attached hydrogens (primary N) is 1. The van der Waals surface area contributed by atoms with E-state index in [1.54, 1.807) is 35.6 Å². The summed E-state index contributed by atoms with van der Waals surface area (Å²) in [5.41, 5.74) is 11.9. The van der Waals surface area contributed by atoms with Gasteiger partial charge >= 0.3 is 0 Å². The van der Waals surface area contributed by atoms with E-state index >= 15 is 0 Å². The molecule has 6 rings (SSSR count). The number of benzene rings is 2. The second kappa shape index (κ2) is 16.7. The summed E-state index contributed by atoms with van der Waals surface area (Å²) in [6, 6.07) is 14.6. The molecule has 4 atom stereocenters. The number of rotatable bonds is 11. The van der Waals surface area contributed by atoms with Crippen LogP contribution in [-0.2, 0) is 14.4 Å². The fourth-order valence-electron chi connectivity index (χ4n) is 7.22. The molecule has 0 saturated carbocycles. The van der Waals surface area contributed by atoms with Crippen LogP contribution in [0, 0.1) is 12.3 Å². The predicted octanol–water partition coefficient (Wildman–Crippen LogP) is 4.11. The average Bonchev–Trinajstić information content (AvgIpc) is 3.77. The van der Waals surface area contributed by atoms with E-state index in [1.807, 2.05) is 75.4 Å². The molecule has 292 valence electrons. The summed E-state index contributed by atoms with van der Waals surface area (Å²) in [6.45, 7) is 10.9. The first-order valence-electron chi connectivity index (χ1n) is 18.7. The number of nitrogen functional groups attached to an aromatic ring is 1. The van der Waals surface area contributed by atoms with Gasteiger partial charge in [-0.05, 0) is 61.4 Å². The number of aromatic hydroxyl groups is 1. The van der Waals surface area contributed by atoms with Gasteiger partial charge in [0.25, 0.3) is 0 Å². The van der Waals surface area contributed by atoms with Crippen LogP contribution in [0.4, 0.5) is 11.5 Å². The minimum Gasteiger partial charge on any atom is -0.507 e. The number of para-hydroxylation sites is 1. The van der Waals surface area contributed by atoms with Crippen LogP contribution in [0.2, 0.25) is 0 Å². The van der Waals surface area contributed by atoms with Gasteiger partial charge in [0.15, 0.2) is 5.82 Å². The van der Waals surface area contributed by atoms with Crippen molar-refractivity contribution in [2.75, 3.05) is 37.2 Å². The molecule has 4 heterocycles. The highest BCUT2D eigenvalue weighted by molar-refractivity contribution is 7.13. The lowest BCUT2D eigenvalue weighted by atomic mass is 9.85. The van der Waals surface area contributed by atoms with Crippen LogP contribution in [0.3, 0.4) is 0 Å². The number of nitrogens with one attached hydrogen (secondary N) is 3. The van der Waals surface area contributed by atoms with Crippen LogP contribution in [0.15, 0.2) is 60.1 Å². The quantitative estimate of drug-likeness (QED) is 0.128. The molecule has 55 heavy (non-hydrogen) atoms. The van der Waals surface area contributed by atoms with E-state index < -0.39 is 29.5 Å². The lowest BCUT2D eigenvalue weighted by Crippen LogP contribution is -2.59. The SMILES string of the molecule is Cc1ncsc1-c1ccc(C(C)NC(=O)[C@@H]2C[C@@H](O)CN2C(=O)C(NC(=O)CN2CCC(Nc3cc(-c4ccccc4O)nnc3N)CC2)C(C)(C)C)cc1. The molecule has 2 aliphatic heterocycles. The van der Waals surface area contributed by atoms with Gasteiger partial charge in [0.1, 0.15) is 17.8 Å². The summed E-state index contributed by atoms with van der Waals surface area (Å²) < 4.78 is 0. The maximum Gasteiger partial charge on any atom is 0.246 e. The number of nitrogens with zero attached hydrogens (tertiary/aromatic N) is 5. The third-order valence-electron chi connectivity index (χ3n) is 10.4. The van der Waals surface area contributed by atoms with Gasteiger partial charge in [-0.25, -0.2) is 4.98 Å². The van der Waals surface area contributed by atoms with Crippen LogP contribution in [-0.4, -0.2) is 103 Å². The average molecular weight is 770 g/mol. The molecule has 2 unspecified atom stereocenters. The monoisotopic (exact) mass is 769 g/mol. The van der Waals surface area contributed by atoms with Gasteiger partial charge in [-0.15, -0.1) is 21.5 Å². The first-order chi connectivity index (χ1) is 26.2. The Hall–Kier alpha value is -5.12. The third-order valence-corrected chi connectivity index (χ3v) is 11.4. The first kappa shape index (κ1) is 39.6. The minimum absolute atomic E-state index is 0.00266. The van der Waals surface area contributed by atoms with E-state index in [-0.39, 0.29) is 55.0 Å². The van der Waals surface area contributed by atoms with Gasteiger partial charge in [0.2, 0.25) is 17.7 Å². The zero-order valence-corrected chi connectivity index (χ0v) is 32.8. The Morgan fingerprint density at radius 1 is 1.04 bits per heavy atom. The lowest BCUT2D eigenvalue weighted by Gasteiger charge is -2.36. The highest BCUT2D eigenvalue weighted by atomic mass is 32.1. The van der Waals surface area contributed by atoms with Crippen LogP contribution in [0.1, 0.15) is 64.3 Å². The fraction of sp³-hybridized carbons (Fsp3) is 0.450. The Balaban J connectivity index is 1.03. The van der Waals surface area contributed by atoms with Crippen molar-refractivity contribution in [1.29, 1.82) is 0 Å².